The highest BCUT2D eigenvalue weighted by molar-refractivity contribution is 7.93. The van der Waals surface area contributed by atoms with Crippen molar-refractivity contribution in [2.75, 3.05) is 24.7 Å². The number of nitrogens with zero attached hydrogens (tertiary/aromatic N) is 2. The van der Waals surface area contributed by atoms with Gasteiger partial charge < -0.3 is 15.2 Å². The molecular weight excluding hydrogens is 420 g/mol. The third-order valence-corrected chi connectivity index (χ3v) is 5.73. The number of ketones is 1. The zero-order chi connectivity index (χ0) is 22.6. The van der Waals surface area contributed by atoms with Crippen LogP contribution in [0.5, 0.6) is 11.5 Å². The van der Waals surface area contributed by atoms with Crippen LogP contribution in [0.1, 0.15) is 21.6 Å². The summed E-state index contributed by atoms with van der Waals surface area (Å²) in [6.45, 7) is 3.67. The average Bonchev–Trinajstić information content (AvgIpc) is 2.77. The minimum Gasteiger partial charge on any atom is -0.497 e. The number of carbonyl (C=O) groups is 1. The molecule has 0 bridgehead atoms. The first-order valence-electron chi connectivity index (χ1n) is 8.93. The molecule has 0 aliphatic rings. The van der Waals surface area contributed by atoms with Crippen LogP contribution in [0.3, 0.4) is 0 Å². The number of hydrogen-bond acceptors (Lipinski definition) is 8. The lowest BCUT2D eigenvalue weighted by Crippen LogP contribution is -2.18. The molecule has 10 heteroatoms. The highest BCUT2D eigenvalue weighted by atomic mass is 32.2. The minimum absolute atomic E-state index is 0.0149. The molecule has 1 heterocycles. The number of anilines is 2. The second-order valence-corrected chi connectivity index (χ2v) is 7.89. The summed E-state index contributed by atoms with van der Waals surface area (Å²) >= 11 is 0. The van der Waals surface area contributed by atoms with Gasteiger partial charge in [0.05, 0.1) is 19.9 Å². The molecule has 0 aliphatic carbocycles. The van der Waals surface area contributed by atoms with Crippen molar-refractivity contribution in [2.45, 2.75) is 4.90 Å². The second kappa shape index (κ2) is 8.84. The fourth-order valence-corrected chi connectivity index (χ4v) is 4.00. The van der Waals surface area contributed by atoms with E-state index in [4.69, 9.17) is 15.2 Å². The Hall–Kier alpha value is -3.92. The first kappa shape index (κ1) is 21.8. The number of nitrogen functional groups attached to an aromatic ring is 1. The third kappa shape index (κ3) is 4.64. The number of aromatic nitrogens is 2. The maximum absolute atomic E-state index is 12.9. The Morgan fingerprint density at radius 1 is 1.13 bits per heavy atom. The van der Waals surface area contributed by atoms with E-state index in [1.165, 1.54) is 38.6 Å². The summed E-state index contributed by atoms with van der Waals surface area (Å²) in [5.74, 6) is -0.357. The molecule has 0 spiro atoms. The first-order chi connectivity index (χ1) is 14.8. The van der Waals surface area contributed by atoms with Crippen LogP contribution in [-0.4, -0.2) is 38.4 Å². The van der Waals surface area contributed by atoms with Gasteiger partial charge >= 0.3 is 0 Å². The Morgan fingerprint density at radius 3 is 2.45 bits per heavy atom. The van der Waals surface area contributed by atoms with Crippen LogP contribution in [0, 0.1) is 0 Å². The smallest absolute Gasteiger partial charge is 0.269 e. The maximum atomic E-state index is 12.9. The van der Waals surface area contributed by atoms with E-state index in [0.717, 1.165) is 5.56 Å². The summed E-state index contributed by atoms with van der Waals surface area (Å²) in [6, 6.07) is 10.9. The maximum Gasteiger partial charge on any atom is 0.269 e. The molecule has 0 amide bonds. The summed E-state index contributed by atoms with van der Waals surface area (Å²) < 4.78 is 38.3. The highest BCUT2D eigenvalue weighted by Gasteiger charge is 2.25. The lowest BCUT2D eigenvalue weighted by Gasteiger charge is -2.14. The molecule has 160 valence electrons. The van der Waals surface area contributed by atoms with Gasteiger partial charge in [0.25, 0.3) is 10.0 Å². The third-order valence-electron chi connectivity index (χ3n) is 4.30. The van der Waals surface area contributed by atoms with E-state index in [2.05, 4.69) is 21.3 Å². The van der Waals surface area contributed by atoms with Gasteiger partial charge in [0.2, 0.25) is 11.7 Å². The minimum atomic E-state index is -4.23. The number of rotatable bonds is 8. The SMILES string of the molecule is C=Cc1ccc(C(=O)c2ccnc(NS(=O)(=O)c3c(N)cc(OC)cc3OC)n2)cc1. The van der Waals surface area contributed by atoms with Gasteiger partial charge in [0, 0.05) is 23.9 Å². The Morgan fingerprint density at radius 2 is 1.84 bits per heavy atom. The van der Waals surface area contributed by atoms with E-state index < -0.39 is 10.0 Å². The Bertz CT molecular complexity index is 1240. The van der Waals surface area contributed by atoms with Crippen LogP contribution in [0.4, 0.5) is 11.6 Å². The van der Waals surface area contributed by atoms with Crippen LogP contribution >= 0.6 is 0 Å². The number of sulfonamides is 1. The number of carbonyl (C=O) groups excluding carboxylic acids is 1. The van der Waals surface area contributed by atoms with Gasteiger partial charge in [-0.2, -0.15) is 0 Å². The first-order valence-corrected chi connectivity index (χ1v) is 10.4. The molecule has 9 nitrogen and oxygen atoms in total. The van der Waals surface area contributed by atoms with Gasteiger partial charge in [0.15, 0.2) is 4.90 Å². The molecule has 31 heavy (non-hydrogen) atoms. The quantitative estimate of drug-likeness (QED) is 0.403. The predicted octanol–water partition coefficient (Wildman–Crippen LogP) is 2.75. The average molecular weight is 440 g/mol. The molecule has 1 aromatic heterocycles. The van der Waals surface area contributed by atoms with Gasteiger partial charge in [-0.15, -0.1) is 0 Å². The second-order valence-electron chi connectivity index (χ2n) is 6.27. The number of benzene rings is 2. The van der Waals surface area contributed by atoms with Crippen molar-refractivity contribution in [1.82, 2.24) is 9.97 Å². The number of hydrogen-bond donors (Lipinski definition) is 2. The van der Waals surface area contributed by atoms with Crippen LogP contribution in [0.25, 0.3) is 6.08 Å². The predicted molar refractivity (Wildman–Crippen MR) is 117 cm³/mol. The van der Waals surface area contributed by atoms with E-state index in [1.807, 2.05) is 0 Å². The normalized spacial score (nSPS) is 10.9. The fraction of sp³-hybridized carbons (Fsp3) is 0.0952. The lowest BCUT2D eigenvalue weighted by atomic mass is 10.1. The Balaban J connectivity index is 1.93. The van der Waals surface area contributed by atoms with Gasteiger partial charge in [-0.05, 0) is 11.6 Å². The van der Waals surface area contributed by atoms with Crippen LogP contribution in [0.2, 0.25) is 0 Å². The molecule has 3 N–H and O–H groups in total. The lowest BCUT2D eigenvalue weighted by molar-refractivity contribution is 0.103. The summed E-state index contributed by atoms with van der Waals surface area (Å²) in [6.07, 6.45) is 2.94. The molecule has 0 radical (unpaired) electrons. The fourth-order valence-electron chi connectivity index (χ4n) is 2.78. The van der Waals surface area contributed by atoms with Crippen molar-refractivity contribution in [3.05, 3.63) is 72.1 Å². The number of ether oxygens (including phenoxy) is 2. The van der Waals surface area contributed by atoms with Crippen molar-refractivity contribution in [3.8, 4) is 11.5 Å². The topological polar surface area (TPSA) is 134 Å². The van der Waals surface area contributed by atoms with Crippen molar-refractivity contribution in [3.63, 3.8) is 0 Å². The summed E-state index contributed by atoms with van der Waals surface area (Å²) in [4.78, 5) is 20.4. The van der Waals surface area contributed by atoms with E-state index in [0.29, 0.717) is 11.3 Å². The van der Waals surface area contributed by atoms with E-state index in [-0.39, 0.29) is 33.8 Å². The number of nitrogens with two attached hydrogens (primary N) is 1. The van der Waals surface area contributed by atoms with E-state index in [1.54, 1.807) is 30.3 Å². The Labute approximate surface area is 179 Å². The summed E-state index contributed by atoms with van der Waals surface area (Å²) in [5.41, 5.74) is 7.09. The molecule has 2 aromatic carbocycles. The molecule has 0 aliphatic heterocycles. The molecule has 0 unspecified atom stereocenters. The largest absolute Gasteiger partial charge is 0.497 e. The standard InChI is InChI=1S/C21H20N4O5S/c1-4-13-5-7-14(8-6-13)19(26)17-9-10-23-21(24-17)25-31(27,28)20-16(22)11-15(29-2)12-18(20)30-3/h4-12H,1,22H2,2-3H3,(H,23,24,25). The Kier molecular flexibility index (Phi) is 6.21. The van der Waals surface area contributed by atoms with Crippen LogP contribution in [-0.2, 0) is 10.0 Å². The molecule has 3 aromatic rings. The molecule has 0 fully saturated rings. The monoisotopic (exact) mass is 440 g/mol. The molecular formula is C21H20N4O5S. The van der Waals surface area contributed by atoms with Gasteiger partial charge in [-0.25, -0.2) is 23.1 Å². The van der Waals surface area contributed by atoms with Gasteiger partial charge in [-0.3, -0.25) is 4.79 Å². The molecule has 0 saturated heterocycles. The number of nitrogens with one attached hydrogen (secondary N) is 1. The summed E-state index contributed by atoms with van der Waals surface area (Å²) in [5, 5.41) is 0. The van der Waals surface area contributed by atoms with Crippen molar-refractivity contribution in [1.29, 1.82) is 0 Å². The van der Waals surface area contributed by atoms with Crippen LogP contribution < -0.4 is 19.9 Å². The van der Waals surface area contributed by atoms with Gasteiger partial charge in [-0.1, -0.05) is 36.9 Å². The number of methoxy groups -OCH3 is 2. The molecule has 0 atom stereocenters. The summed E-state index contributed by atoms with van der Waals surface area (Å²) in [7, 11) is -1.51. The van der Waals surface area contributed by atoms with E-state index in [9.17, 15) is 13.2 Å². The van der Waals surface area contributed by atoms with Crippen molar-refractivity contribution >= 4 is 33.5 Å². The van der Waals surface area contributed by atoms with Crippen LogP contribution in [0.15, 0.2) is 60.1 Å². The highest BCUT2D eigenvalue weighted by Crippen LogP contribution is 2.35. The van der Waals surface area contributed by atoms with Crippen molar-refractivity contribution in [2.24, 2.45) is 0 Å². The molecule has 0 saturated carbocycles. The zero-order valence-electron chi connectivity index (χ0n) is 16.8. The molecule has 3 rings (SSSR count). The zero-order valence-corrected chi connectivity index (χ0v) is 17.6. The van der Waals surface area contributed by atoms with Gasteiger partial charge in [0.1, 0.15) is 17.2 Å². The van der Waals surface area contributed by atoms with Crippen molar-refractivity contribution < 1.29 is 22.7 Å². The van der Waals surface area contributed by atoms with E-state index >= 15 is 0 Å².